The highest BCUT2D eigenvalue weighted by Gasteiger charge is 2.24. The Kier molecular flexibility index (Phi) is 6.08. The fraction of sp³-hybridized carbons (Fsp3) is 0. The average molecular weight is 546 g/mol. The lowest BCUT2D eigenvalue weighted by Gasteiger charge is -2.01. The van der Waals surface area contributed by atoms with Gasteiger partial charge in [-0.15, -0.1) is 30.0 Å². The third-order valence-corrected chi connectivity index (χ3v) is 5.39. The molecule has 0 unspecified atom stereocenters. The van der Waals surface area contributed by atoms with E-state index in [0.717, 1.165) is 46.0 Å². The van der Waals surface area contributed by atoms with Crippen LogP contribution in [0.3, 0.4) is 0 Å². The molecule has 0 saturated heterocycles. The van der Waals surface area contributed by atoms with Crippen LogP contribution in [0.1, 0.15) is 0 Å². The topological polar surface area (TPSA) is 260 Å². The Morgan fingerprint density at radius 1 is 0.525 bits per heavy atom. The largest absolute Gasteiger partial charge is 0.303 e. The first-order chi connectivity index (χ1) is 19.1. The summed E-state index contributed by atoms with van der Waals surface area (Å²) in [6, 6.07) is 12.3. The lowest BCUT2D eigenvalue weighted by Crippen LogP contribution is -2.04. The van der Waals surface area contributed by atoms with E-state index in [-0.39, 0.29) is 23.0 Å². The monoisotopic (exact) mass is 546 g/mol. The molecule has 0 spiro atoms. The molecule has 3 aromatic carbocycles. The summed E-state index contributed by atoms with van der Waals surface area (Å²) >= 11 is 0. The molecule has 5 aromatic rings. The number of nitrogens with zero attached hydrogens (tertiary/aromatic N) is 12. The van der Waals surface area contributed by atoms with Crippen LogP contribution in [0, 0.1) is 40.5 Å². The van der Waals surface area contributed by atoms with Crippen molar-refractivity contribution < 1.29 is 19.7 Å². The minimum absolute atomic E-state index is 0.0809. The first kappa shape index (κ1) is 25.1. The zero-order valence-electron chi connectivity index (χ0n) is 19.4. The van der Waals surface area contributed by atoms with Gasteiger partial charge in [0.25, 0.3) is 11.4 Å². The Morgan fingerprint density at radius 3 is 1.23 bits per heavy atom. The van der Waals surface area contributed by atoms with Crippen molar-refractivity contribution in [2.45, 2.75) is 0 Å². The molecule has 5 rings (SSSR count). The third-order valence-electron chi connectivity index (χ3n) is 5.39. The number of aromatic nitrogens is 8. The van der Waals surface area contributed by atoms with Gasteiger partial charge in [0.05, 0.1) is 31.8 Å². The molecule has 0 N–H and O–H groups in total. The van der Waals surface area contributed by atoms with Crippen molar-refractivity contribution in [2.24, 2.45) is 0 Å². The normalized spacial score (nSPS) is 10.8. The van der Waals surface area contributed by atoms with E-state index in [1.54, 1.807) is 24.3 Å². The second kappa shape index (κ2) is 9.70. The molecule has 0 aliphatic carbocycles. The van der Waals surface area contributed by atoms with Crippen LogP contribution in [-0.2, 0) is 0 Å². The van der Waals surface area contributed by atoms with Gasteiger partial charge in [-0.3, -0.25) is 40.5 Å². The van der Waals surface area contributed by atoms with Crippen LogP contribution in [-0.4, -0.2) is 60.1 Å². The van der Waals surface area contributed by atoms with Gasteiger partial charge in [0.1, 0.15) is 0 Å². The molecule has 20 heteroatoms. The van der Waals surface area contributed by atoms with Gasteiger partial charge in [-0.25, -0.2) is 0 Å². The highest BCUT2D eigenvalue weighted by atomic mass is 16.6. The van der Waals surface area contributed by atoms with E-state index in [9.17, 15) is 40.5 Å². The van der Waals surface area contributed by atoms with Crippen molar-refractivity contribution in [1.82, 2.24) is 40.4 Å². The lowest BCUT2D eigenvalue weighted by atomic mass is 10.1. The summed E-state index contributed by atoms with van der Waals surface area (Å²) in [5.41, 5.74) is -1.50. The second-order valence-electron chi connectivity index (χ2n) is 7.76. The third kappa shape index (κ3) is 4.60. The molecule has 0 fully saturated rings. The molecule has 0 aliphatic heterocycles. The van der Waals surface area contributed by atoms with Crippen molar-refractivity contribution in [3.05, 3.63) is 101 Å². The molecule has 0 bridgehead atoms. The van der Waals surface area contributed by atoms with Gasteiger partial charge in [0, 0.05) is 23.3 Å². The Balaban J connectivity index is 1.41. The summed E-state index contributed by atoms with van der Waals surface area (Å²) in [6.07, 6.45) is 0. The van der Waals surface area contributed by atoms with E-state index < -0.39 is 42.4 Å². The molecule has 20 nitrogen and oxygen atoms in total. The molecule has 2 aromatic heterocycles. The van der Waals surface area contributed by atoms with E-state index in [0.29, 0.717) is 11.1 Å². The van der Waals surface area contributed by atoms with Crippen molar-refractivity contribution in [1.29, 1.82) is 0 Å². The highest BCUT2D eigenvalue weighted by molar-refractivity contribution is 5.63. The number of hydrogen-bond acceptors (Lipinski definition) is 14. The summed E-state index contributed by atoms with van der Waals surface area (Å²) in [5.74, 6) is 0.162. The first-order valence-corrected chi connectivity index (χ1v) is 10.7. The Labute approximate surface area is 218 Å². The first-order valence-electron chi connectivity index (χ1n) is 10.7. The minimum Gasteiger partial charge on any atom is -0.258 e. The number of nitro groups is 4. The summed E-state index contributed by atoms with van der Waals surface area (Å²) in [4.78, 5) is 43.4. The number of hydrogen-bond donors (Lipinski definition) is 0. The standard InChI is InChI=1S/C20H10N12O8/c33-29(34)13-5-7-15(17(9-13)31(37)38)27-23-19(21-25-27)11-1-2-12(4-3-11)20-22-26-28(24-20)16-8-6-14(30(35)36)10-18(16)32(39)40/h1-10H. The van der Waals surface area contributed by atoms with Crippen molar-refractivity contribution in [2.75, 3.05) is 0 Å². The maximum absolute atomic E-state index is 11.4. The average Bonchev–Trinajstić information content (AvgIpc) is 3.63. The van der Waals surface area contributed by atoms with Crippen molar-refractivity contribution >= 4 is 22.7 Å². The molecule has 2 heterocycles. The molecule has 0 amide bonds. The van der Waals surface area contributed by atoms with Gasteiger partial charge in [-0.05, 0) is 22.6 Å². The van der Waals surface area contributed by atoms with Crippen LogP contribution in [0.25, 0.3) is 34.2 Å². The van der Waals surface area contributed by atoms with Gasteiger partial charge < -0.3 is 0 Å². The van der Waals surface area contributed by atoms with Gasteiger partial charge in [0.2, 0.25) is 11.6 Å². The molecule has 0 atom stereocenters. The van der Waals surface area contributed by atoms with Crippen LogP contribution < -0.4 is 0 Å². The molecule has 0 aliphatic rings. The summed E-state index contributed by atoms with van der Waals surface area (Å²) in [6.45, 7) is 0. The summed E-state index contributed by atoms with van der Waals surface area (Å²) in [7, 11) is 0. The van der Waals surface area contributed by atoms with E-state index in [2.05, 4.69) is 30.8 Å². The quantitative estimate of drug-likeness (QED) is 0.200. The smallest absolute Gasteiger partial charge is 0.258 e. The number of nitro benzene ring substituents is 4. The van der Waals surface area contributed by atoms with Crippen LogP contribution in [0.15, 0.2) is 60.7 Å². The summed E-state index contributed by atoms with van der Waals surface area (Å²) < 4.78 is 0. The zero-order chi connectivity index (χ0) is 28.6. The van der Waals surface area contributed by atoms with Crippen molar-refractivity contribution in [3.63, 3.8) is 0 Å². The molecule has 0 saturated carbocycles. The van der Waals surface area contributed by atoms with Crippen LogP contribution in [0.5, 0.6) is 0 Å². The fourth-order valence-electron chi connectivity index (χ4n) is 3.51. The SMILES string of the molecule is O=[N+]([O-])c1ccc(-n2nnc(-c3ccc(-c4nnn(-c5ccc([N+](=O)[O-])cc5[N+](=O)[O-])n4)cc3)n2)c([N+](=O)[O-])c1. The van der Waals surface area contributed by atoms with Gasteiger partial charge >= 0.3 is 11.4 Å². The number of tetrazole rings is 2. The predicted molar refractivity (Wildman–Crippen MR) is 129 cm³/mol. The second-order valence-corrected chi connectivity index (χ2v) is 7.76. The number of benzene rings is 3. The van der Waals surface area contributed by atoms with Crippen LogP contribution >= 0.6 is 0 Å². The van der Waals surface area contributed by atoms with Crippen LogP contribution in [0.2, 0.25) is 0 Å². The van der Waals surface area contributed by atoms with Crippen molar-refractivity contribution in [3.8, 4) is 34.2 Å². The molecular formula is C20H10N12O8. The zero-order valence-corrected chi connectivity index (χ0v) is 19.4. The molecule has 198 valence electrons. The predicted octanol–water partition coefficient (Wildman–Crippen LogP) is 2.60. The van der Waals surface area contributed by atoms with Gasteiger partial charge in [-0.2, -0.15) is 0 Å². The highest BCUT2D eigenvalue weighted by Crippen LogP contribution is 2.29. The molecular weight excluding hydrogens is 536 g/mol. The number of rotatable bonds is 8. The van der Waals surface area contributed by atoms with E-state index in [1.165, 1.54) is 0 Å². The number of non-ortho nitro benzene ring substituents is 2. The van der Waals surface area contributed by atoms with E-state index >= 15 is 0 Å². The Bertz CT molecular complexity index is 1700. The maximum Gasteiger partial charge on any atom is 0.303 e. The van der Waals surface area contributed by atoms with Crippen LogP contribution in [0.4, 0.5) is 22.7 Å². The molecule has 0 radical (unpaired) electrons. The molecule has 40 heavy (non-hydrogen) atoms. The maximum atomic E-state index is 11.4. The Hall–Kier alpha value is -6.60. The minimum atomic E-state index is -0.800. The summed E-state index contributed by atoms with van der Waals surface area (Å²) in [5, 5.41) is 68.4. The van der Waals surface area contributed by atoms with E-state index in [4.69, 9.17) is 0 Å². The lowest BCUT2D eigenvalue weighted by molar-refractivity contribution is -0.394. The van der Waals surface area contributed by atoms with Gasteiger partial charge in [0.15, 0.2) is 11.4 Å². The van der Waals surface area contributed by atoms with Gasteiger partial charge in [-0.1, -0.05) is 24.3 Å². The fourth-order valence-corrected chi connectivity index (χ4v) is 3.51. The van der Waals surface area contributed by atoms with E-state index in [1.807, 2.05) is 0 Å². The Morgan fingerprint density at radius 2 is 0.900 bits per heavy atom.